The summed E-state index contributed by atoms with van der Waals surface area (Å²) in [5.74, 6) is -6.26. The number of primary amides is 1. The molecular weight excluding hydrogens is 923 g/mol. The highest BCUT2D eigenvalue weighted by Gasteiger charge is 2.39. The Bertz CT molecular complexity index is 2600. The zero-order valence-corrected chi connectivity index (χ0v) is 40.0. The van der Waals surface area contributed by atoms with Crippen LogP contribution in [0, 0.1) is 23.0 Å². The van der Waals surface area contributed by atoms with Crippen LogP contribution in [0.25, 0.3) is 5.69 Å². The molecule has 0 saturated carbocycles. The molecule has 0 radical (unpaired) electrons. The first-order chi connectivity index (χ1) is 33.7. The summed E-state index contributed by atoms with van der Waals surface area (Å²) in [7, 11) is 0. The molecule has 378 valence electrons. The molecule has 0 spiro atoms. The van der Waals surface area contributed by atoms with Crippen molar-refractivity contribution in [3.63, 3.8) is 0 Å². The van der Waals surface area contributed by atoms with Crippen molar-refractivity contribution < 1.29 is 52.2 Å². The highest BCUT2D eigenvalue weighted by atomic mass is 19.1. The van der Waals surface area contributed by atoms with E-state index in [1.807, 2.05) is 51.1 Å². The molecule has 21 heteroatoms. The van der Waals surface area contributed by atoms with Gasteiger partial charge in [-0.05, 0) is 73.6 Å². The fourth-order valence-corrected chi connectivity index (χ4v) is 8.04. The summed E-state index contributed by atoms with van der Waals surface area (Å²) >= 11 is 0. The SMILES string of the molecule is C[C@H](NC(=O)CCNC(=O)[C@@H](N)CCN(C(=O)CO)[C@@H](c1nn(-c2cc(F)ccc2F)cc1Cc1ccccc1)C(C)(C)C)C(=O)C[C@@H](CCCNC(N)=O)C(=O)Nc1ccc(N2C(=O)C=CC2=O)cc1. The van der Waals surface area contributed by atoms with Gasteiger partial charge in [-0.3, -0.25) is 33.6 Å². The Balaban J connectivity index is 1.18. The number of hydrogen-bond donors (Lipinski definition) is 7. The van der Waals surface area contributed by atoms with E-state index < -0.39 is 95.0 Å². The number of amides is 8. The number of carbonyl (C=O) groups is 8. The third-order valence-corrected chi connectivity index (χ3v) is 11.6. The Kier molecular flexibility index (Phi) is 18.9. The third-order valence-electron chi connectivity index (χ3n) is 11.6. The number of nitrogens with two attached hydrogens (primary N) is 2. The summed E-state index contributed by atoms with van der Waals surface area (Å²) in [6, 6.07) is 14.4. The smallest absolute Gasteiger partial charge is 0.312 e. The second-order valence-electron chi connectivity index (χ2n) is 18.2. The summed E-state index contributed by atoms with van der Waals surface area (Å²) in [4.78, 5) is 104. The monoisotopic (exact) mass is 982 g/mol. The van der Waals surface area contributed by atoms with Gasteiger partial charge in [-0.1, -0.05) is 51.1 Å². The molecule has 2 heterocycles. The molecule has 1 aliphatic heterocycles. The molecule has 0 aliphatic carbocycles. The Morgan fingerprint density at radius 2 is 1.55 bits per heavy atom. The molecule has 0 unspecified atom stereocenters. The van der Waals surface area contributed by atoms with Gasteiger partial charge in [0.25, 0.3) is 11.8 Å². The van der Waals surface area contributed by atoms with Crippen LogP contribution in [0.15, 0.2) is 91.1 Å². The molecule has 19 nitrogen and oxygen atoms in total. The van der Waals surface area contributed by atoms with Crippen molar-refractivity contribution in [1.82, 2.24) is 30.6 Å². The van der Waals surface area contributed by atoms with Gasteiger partial charge in [0.05, 0.1) is 29.5 Å². The van der Waals surface area contributed by atoms with E-state index in [1.54, 1.807) is 6.20 Å². The number of Topliss-reactive ketones (excluding diaryl/α,β-unsaturated/α-hetero) is 1. The Hall–Kier alpha value is -7.65. The van der Waals surface area contributed by atoms with Crippen LogP contribution in [0.4, 0.5) is 25.0 Å². The lowest BCUT2D eigenvalue weighted by molar-refractivity contribution is -0.140. The van der Waals surface area contributed by atoms with Gasteiger partial charge >= 0.3 is 6.03 Å². The predicted octanol–water partition coefficient (Wildman–Crippen LogP) is 3.47. The minimum atomic E-state index is -1.19. The largest absolute Gasteiger partial charge is 0.387 e. The minimum absolute atomic E-state index is 0.0912. The molecular formula is C50H60F2N10O9. The number of nitrogens with one attached hydrogen (secondary N) is 4. The van der Waals surface area contributed by atoms with Crippen LogP contribution in [0.1, 0.15) is 82.7 Å². The van der Waals surface area contributed by atoms with Crippen molar-refractivity contribution in [2.75, 3.05) is 36.5 Å². The average molecular weight is 983 g/mol. The maximum Gasteiger partial charge on any atom is 0.312 e. The second kappa shape index (κ2) is 24.8. The predicted molar refractivity (Wildman–Crippen MR) is 258 cm³/mol. The molecule has 4 atom stereocenters. The number of nitrogens with zero attached hydrogens (tertiary/aromatic N) is 4. The highest BCUT2D eigenvalue weighted by Crippen LogP contribution is 2.40. The number of urea groups is 1. The number of aliphatic hydroxyl groups is 1. The molecule has 0 saturated heterocycles. The number of aromatic nitrogens is 2. The molecule has 71 heavy (non-hydrogen) atoms. The topological polar surface area (TPSA) is 281 Å². The van der Waals surface area contributed by atoms with E-state index in [0.717, 1.165) is 40.8 Å². The van der Waals surface area contributed by atoms with E-state index in [0.29, 0.717) is 29.1 Å². The molecule has 9 N–H and O–H groups in total. The first-order valence-corrected chi connectivity index (χ1v) is 23.0. The number of ketones is 1. The molecule has 3 aromatic carbocycles. The van der Waals surface area contributed by atoms with Gasteiger partial charge in [0.2, 0.25) is 23.6 Å². The molecule has 0 bridgehead atoms. The number of imide groups is 1. The van der Waals surface area contributed by atoms with E-state index in [9.17, 15) is 47.9 Å². The van der Waals surface area contributed by atoms with Crippen molar-refractivity contribution in [3.05, 3.63) is 120 Å². The van der Waals surface area contributed by atoms with Crippen LogP contribution in [0.2, 0.25) is 0 Å². The highest BCUT2D eigenvalue weighted by molar-refractivity contribution is 6.28. The zero-order chi connectivity index (χ0) is 52.0. The molecule has 8 amide bonds. The Morgan fingerprint density at radius 1 is 0.873 bits per heavy atom. The zero-order valence-electron chi connectivity index (χ0n) is 40.0. The number of anilines is 2. The van der Waals surface area contributed by atoms with Crippen molar-refractivity contribution in [2.45, 2.75) is 84.3 Å². The molecule has 5 rings (SSSR count). The van der Waals surface area contributed by atoms with E-state index >= 15 is 4.39 Å². The Morgan fingerprint density at radius 3 is 2.18 bits per heavy atom. The van der Waals surface area contributed by atoms with E-state index in [-0.39, 0.29) is 57.4 Å². The third kappa shape index (κ3) is 15.2. The summed E-state index contributed by atoms with van der Waals surface area (Å²) < 4.78 is 30.7. The van der Waals surface area contributed by atoms with Crippen LogP contribution >= 0.6 is 0 Å². The van der Waals surface area contributed by atoms with Gasteiger partial charge in [0.15, 0.2) is 5.78 Å². The van der Waals surface area contributed by atoms with Gasteiger partial charge < -0.3 is 42.7 Å². The average Bonchev–Trinajstić information content (AvgIpc) is 3.89. The quantitative estimate of drug-likeness (QED) is 0.0394. The fraction of sp³-hybridized carbons (Fsp3) is 0.380. The first kappa shape index (κ1) is 54.3. The number of aliphatic hydroxyl groups excluding tert-OH is 1. The molecule has 0 fully saturated rings. The van der Waals surface area contributed by atoms with Gasteiger partial charge in [0.1, 0.15) is 23.9 Å². The minimum Gasteiger partial charge on any atom is -0.387 e. The second-order valence-corrected chi connectivity index (χ2v) is 18.2. The van der Waals surface area contributed by atoms with Crippen molar-refractivity contribution in [1.29, 1.82) is 0 Å². The summed E-state index contributed by atoms with van der Waals surface area (Å²) in [5.41, 5.74) is 13.0. The first-order valence-electron chi connectivity index (χ1n) is 23.0. The lowest BCUT2D eigenvalue weighted by Gasteiger charge is -2.40. The van der Waals surface area contributed by atoms with Gasteiger partial charge in [0, 0.05) is 80.5 Å². The van der Waals surface area contributed by atoms with E-state index in [2.05, 4.69) is 21.3 Å². The van der Waals surface area contributed by atoms with Crippen LogP contribution in [0.3, 0.4) is 0 Å². The van der Waals surface area contributed by atoms with Crippen LogP contribution in [-0.4, -0.2) is 105 Å². The van der Waals surface area contributed by atoms with Crippen LogP contribution in [0.5, 0.6) is 0 Å². The van der Waals surface area contributed by atoms with Crippen LogP contribution < -0.4 is 37.6 Å². The van der Waals surface area contributed by atoms with Gasteiger partial charge in [-0.2, -0.15) is 5.10 Å². The number of carbonyl (C=O) groups excluding carboxylic acids is 8. The number of benzene rings is 3. The molecule has 1 aliphatic rings. The number of halogens is 2. The van der Waals surface area contributed by atoms with E-state index in [4.69, 9.17) is 16.6 Å². The lowest BCUT2D eigenvalue weighted by Crippen LogP contribution is -2.48. The van der Waals surface area contributed by atoms with Gasteiger partial charge in [-0.25, -0.2) is 23.2 Å². The molecule has 4 aromatic rings. The van der Waals surface area contributed by atoms with Crippen molar-refractivity contribution in [3.8, 4) is 5.69 Å². The normalized spacial score (nSPS) is 14.1. The summed E-state index contributed by atoms with van der Waals surface area (Å²) in [6.07, 6.45) is 3.99. The summed E-state index contributed by atoms with van der Waals surface area (Å²) in [6.45, 7) is 5.95. The Labute approximate surface area is 409 Å². The fourth-order valence-electron chi connectivity index (χ4n) is 8.04. The van der Waals surface area contributed by atoms with Crippen molar-refractivity contribution >= 4 is 58.6 Å². The lowest BCUT2D eigenvalue weighted by atomic mass is 9.81. The van der Waals surface area contributed by atoms with Gasteiger partial charge in [-0.15, -0.1) is 0 Å². The number of hydrogen-bond acceptors (Lipinski definition) is 11. The van der Waals surface area contributed by atoms with Crippen molar-refractivity contribution in [2.24, 2.45) is 22.8 Å². The summed E-state index contributed by atoms with van der Waals surface area (Å²) in [5, 5.41) is 25.2. The van der Waals surface area contributed by atoms with E-state index in [1.165, 1.54) is 40.8 Å². The standard InChI is InChI=1S/C50H60F2N10O9/c1-30(40(64)26-32(11-8-22-56-49(54)71)47(69)58-35-13-15-36(16-14-35)62-42(66)18-19-43(62)67)57-41(65)20-23-55-48(70)38(53)21-24-60(44(68)29-63)46(50(2,3)4)45-33(25-31-9-6-5-7-10-31)28-61(59-45)39-27-34(51)12-17-37(39)52/h5-7,9-10,12-19,27-28,30,32,38,46,63H,8,11,20-26,29,53H2,1-4H3,(H,55,70)(H,57,65)(H,58,69)(H3,54,56,71)/t30-,32+,38-,46-/m0/s1. The maximum absolute atomic E-state index is 15.1. The van der Waals surface area contributed by atoms with Crippen LogP contribution in [-0.2, 0) is 40.0 Å². The molecule has 1 aromatic heterocycles. The number of rotatable bonds is 24. The maximum atomic E-state index is 15.1.